The number of fused-ring (bicyclic) bond motifs is 1. The van der Waals surface area contributed by atoms with Gasteiger partial charge in [0.15, 0.2) is 6.61 Å². The zero-order valence-corrected chi connectivity index (χ0v) is 12.9. The predicted octanol–water partition coefficient (Wildman–Crippen LogP) is 2.61. The highest BCUT2D eigenvalue weighted by Gasteiger charge is 2.24. The van der Waals surface area contributed by atoms with E-state index in [4.69, 9.17) is 4.74 Å². The average Bonchev–Trinajstić information content (AvgIpc) is 2.55. The second kappa shape index (κ2) is 6.52. The van der Waals surface area contributed by atoms with Crippen LogP contribution >= 0.6 is 0 Å². The number of carbonyl (C=O) groups is 2. The minimum atomic E-state index is -0.0951. The van der Waals surface area contributed by atoms with Crippen molar-refractivity contribution in [1.29, 1.82) is 0 Å². The van der Waals surface area contributed by atoms with Crippen molar-refractivity contribution in [3.8, 4) is 5.75 Å². The Morgan fingerprint density at radius 1 is 1.22 bits per heavy atom. The zero-order chi connectivity index (χ0) is 16.2. The summed E-state index contributed by atoms with van der Waals surface area (Å²) in [5.74, 6) is 0.488. The van der Waals surface area contributed by atoms with Gasteiger partial charge in [0.1, 0.15) is 5.75 Å². The largest absolute Gasteiger partial charge is 0.482 e. The molecule has 5 heteroatoms. The lowest BCUT2D eigenvalue weighted by Crippen LogP contribution is -2.38. The standard InChI is InChI=1S/C18H18N2O3/c1-2-20-15-11-14(8-9-16(15)23-12-18(20)22)19-17(21)10-13-6-4-3-5-7-13/h3-9,11H,2,10,12H2,1H3,(H,19,21). The summed E-state index contributed by atoms with van der Waals surface area (Å²) in [5.41, 5.74) is 2.30. The van der Waals surface area contributed by atoms with Crippen molar-refractivity contribution >= 4 is 23.2 Å². The molecule has 0 saturated carbocycles. The molecule has 0 bridgehead atoms. The number of likely N-dealkylation sites (N-methyl/N-ethyl adjacent to an activating group) is 1. The molecule has 0 aliphatic carbocycles. The van der Waals surface area contributed by atoms with E-state index in [1.54, 1.807) is 23.1 Å². The third-order valence-electron chi connectivity index (χ3n) is 3.71. The SMILES string of the molecule is CCN1C(=O)COc2ccc(NC(=O)Cc3ccccc3)cc21. The van der Waals surface area contributed by atoms with Crippen LogP contribution in [0.25, 0.3) is 0 Å². The number of rotatable bonds is 4. The third kappa shape index (κ3) is 3.34. The number of ether oxygens (including phenoxy) is 1. The van der Waals surface area contributed by atoms with Crippen molar-refractivity contribution in [2.24, 2.45) is 0 Å². The number of nitrogens with one attached hydrogen (secondary N) is 1. The molecule has 1 aliphatic heterocycles. The Hall–Kier alpha value is -2.82. The van der Waals surface area contributed by atoms with Gasteiger partial charge in [0.2, 0.25) is 5.91 Å². The van der Waals surface area contributed by atoms with Crippen LogP contribution in [-0.2, 0) is 16.0 Å². The molecule has 1 N–H and O–H groups in total. The molecule has 2 amide bonds. The maximum absolute atomic E-state index is 12.1. The van der Waals surface area contributed by atoms with Crippen LogP contribution in [0.5, 0.6) is 5.75 Å². The van der Waals surface area contributed by atoms with E-state index < -0.39 is 0 Å². The van der Waals surface area contributed by atoms with Crippen molar-refractivity contribution in [3.63, 3.8) is 0 Å². The maximum Gasteiger partial charge on any atom is 0.265 e. The highest BCUT2D eigenvalue weighted by Crippen LogP contribution is 2.34. The molecule has 3 rings (SSSR count). The Bertz CT molecular complexity index is 728. The fraction of sp³-hybridized carbons (Fsp3) is 0.222. The minimum absolute atomic E-state index is 0.0561. The maximum atomic E-state index is 12.1. The van der Waals surface area contributed by atoms with Crippen molar-refractivity contribution < 1.29 is 14.3 Å². The zero-order valence-electron chi connectivity index (χ0n) is 12.9. The molecule has 0 unspecified atom stereocenters. The molecule has 0 aromatic heterocycles. The molecule has 1 aliphatic rings. The molecule has 1 heterocycles. The lowest BCUT2D eigenvalue weighted by molar-refractivity contribution is -0.121. The number of carbonyl (C=O) groups excluding carboxylic acids is 2. The van der Waals surface area contributed by atoms with Gasteiger partial charge in [0, 0.05) is 12.2 Å². The predicted molar refractivity (Wildman–Crippen MR) is 88.7 cm³/mol. The molecule has 23 heavy (non-hydrogen) atoms. The Balaban J connectivity index is 1.75. The van der Waals surface area contributed by atoms with Gasteiger partial charge >= 0.3 is 0 Å². The fourth-order valence-electron chi connectivity index (χ4n) is 2.61. The molecule has 0 spiro atoms. The van der Waals surface area contributed by atoms with Crippen LogP contribution in [-0.4, -0.2) is 25.0 Å². The topological polar surface area (TPSA) is 58.6 Å². The first-order valence-electron chi connectivity index (χ1n) is 7.58. The molecule has 118 valence electrons. The molecule has 2 aromatic rings. The van der Waals surface area contributed by atoms with Crippen molar-refractivity contribution in [2.75, 3.05) is 23.4 Å². The van der Waals surface area contributed by atoms with Crippen molar-refractivity contribution in [3.05, 3.63) is 54.1 Å². The Morgan fingerprint density at radius 3 is 2.74 bits per heavy atom. The quantitative estimate of drug-likeness (QED) is 0.944. The first-order chi connectivity index (χ1) is 11.2. The van der Waals surface area contributed by atoms with E-state index in [-0.39, 0.29) is 18.4 Å². The van der Waals surface area contributed by atoms with Crippen LogP contribution in [0.3, 0.4) is 0 Å². The molecular weight excluding hydrogens is 292 g/mol. The second-order valence-corrected chi connectivity index (χ2v) is 5.32. The third-order valence-corrected chi connectivity index (χ3v) is 3.71. The molecule has 5 nitrogen and oxygen atoms in total. The van der Waals surface area contributed by atoms with E-state index in [2.05, 4.69) is 5.32 Å². The van der Waals surface area contributed by atoms with E-state index >= 15 is 0 Å². The molecule has 0 radical (unpaired) electrons. The Labute approximate surface area is 134 Å². The van der Waals surface area contributed by atoms with Gasteiger partial charge in [-0.3, -0.25) is 9.59 Å². The number of anilines is 2. The number of hydrogen-bond donors (Lipinski definition) is 1. The van der Waals surface area contributed by atoms with Gasteiger partial charge in [-0.15, -0.1) is 0 Å². The summed E-state index contributed by atoms with van der Waals surface area (Å²) in [4.78, 5) is 25.7. The highest BCUT2D eigenvalue weighted by atomic mass is 16.5. The van der Waals surface area contributed by atoms with Crippen LogP contribution in [0, 0.1) is 0 Å². The summed E-state index contributed by atoms with van der Waals surface area (Å²) >= 11 is 0. The Kier molecular flexibility index (Phi) is 4.28. The summed E-state index contributed by atoms with van der Waals surface area (Å²) in [6.45, 7) is 2.53. The van der Waals surface area contributed by atoms with E-state index in [9.17, 15) is 9.59 Å². The van der Waals surface area contributed by atoms with Crippen LogP contribution in [0.2, 0.25) is 0 Å². The number of hydrogen-bond acceptors (Lipinski definition) is 3. The van der Waals surface area contributed by atoms with E-state index in [0.29, 0.717) is 30.1 Å². The second-order valence-electron chi connectivity index (χ2n) is 5.32. The summed E-state index contributed by atoms with van der Waals surface area (Å²) in [7, 11) is 0. The normalized spacial score (nSPS) is 13.3. The first kappa shape index (κ1) is 15.1. The van der Waals surface area contributed by atoms with Crippen molar-refractivity contribution in [2.45, 2.75) is 13.3 Å². The lowest BCUT2D eigenvalue weighted by atomic mass is 10.1. The summed E-state index contributed by atoms with van der Waals surface area (Å²) in [6.07, 6.45) is 0.310. The fourth-order valence-corrected chi connectivity index (χ4v) is 2.61. The number of nitrogens with zero attached hydrogens (tertiary/aromatic N) is 1. The van der Waals surface area contributed by atoms with Gasteiger partial charge in [-0.2, -0.15) is 0 Å². The van der Waals surface area contributed by atoms with Crippen molar-refractivity contribution in [1.82, 2.24) is 0 Å². The van der Waals surface area contributed by atoms with Gasteiger partial charge in [-0.05, 0) is 30.7 Å². The van der Waals surface area contributed by atoms with Crippen LogP contribution in [0.1, 0.15) is 12.5 Å². The first-order valence-corrected chi connectivity index (χ1v) is 7.58. The van der Waals surface area contributed by atoms with E-state index in [1.165, 1.54) is 0 Å². The number of amides is 2. The van der Waals surface area contributed by atoms with E-state index in [0.717, 1.165) is 5.56 Å². The van der Waals surface area contributed by atoms with Gasteiger partial charge < -0.3 is 15.0 Å². The Morgan fingerprint density at radius 2 is 2.00 bits per heavy atom. The van der Waals surface area contributed by atoms with E-state index in [1.807, 2.05) is 37.3 Å². The molecule has 2 aromatic carbocycles. The molecule has 0 atom stereocenters. The monoisotopic (exact) mass is 310 g/mol. The summed E-state index contributed by atoms with van der Waals surface area (Å²) in [5, 5.41) is 2.87. The van der Waals surface area contributed by atoms with Gasteiger partial charge in [-0.1, -0.05) is 30.3 Å². The molecule has 0 saturated heterocycles. The van der Waals surface area contributed by atoms with Gasteiger partial charge in [-0.25, -0.2) is 0 Å². The summed E-state index contributed by atoms with van der Waals surface area (Å²) in [6, 6.07) is 14.9. The lowest BCUT2D eigenvalue weighted by Gasteiger charge is -2.28. The average molecular weight is 310 g/mol. The molecule has 0 fully saturated rings. The molecular formula is C18H18N2O3. The minimum Gasteiger partial charge on any atom is -0.482 e. The van der Waals surface area contributed by atoms with Gasteiger partial charge in [0.05, 0.1) is 12.1 Å². The van der Waals surface area contributed by atoms with Gasteiger partial charge in [0.25, 0.3) is 5.91 Å². The van der Waals surface area contributed by atoms with Crippen LogP contribution < -0.4 is 15.0 Å². The highest BCUT2D eigenvalue weighted by molar-refractivity contribution is 5.99. The van der Waals surface area contributed by atoms with Crippen LogP contribution in [0.15, 0.2) is 48.5 Å². The smallest absolute Gasteiger partial charge is 0.265 e. The summed E-state index contributed by atoms with van der Waals surface area (Å²) < 4.78 is 5.42. The van der Waals surface area contributed by atoms with Crippen LogP contribution in [0.4, 0.5) is 11.4 Å². The number of benzene rings is 2.